The van der Waals surface area contributed by atoms with Gasteiger partial charge >= 0.3 is 0 Å². The number of nitriles is 1. The zero-order valence-electron chi connectivity index (χ0n) is 11.6. The van der Waals surface area contributed by atoms with Crippen molar-refractivity contribution >= 4 is 28.2 Å². The van der Waals surface area contributed by atoms with Gasteiger partial charge in [0, 0.05) is 30.7 Å². The zero-order valence-corrected chi connectivity index (χ0v) is 12.3. The van der Waals surface area contributed by atoms with Gasteiger partial charge in [0.05, 0.1) is 28.7 Å². The molecule has 0 fully saturated rings. The van der Waals surface area contributed by atoms with E-state index in [0.717, 1.165) is 33.4 Å². The molecule has 0 unspecified atom stereocenters. The molecule has 2 rings (SSSR count). The van der Waals surface area contributed by atoms with Crippen molar-refractivity contribution in [2.75, 3.05) is 19.0 Å². The SMILES string of the molecule is Cc1nc2c(C)ccc(Cl)c2c(N(C)C)c1CC#N. The van der Waals surface area contributed by atoms with Gasteiger partial charge in [-0.3, -0.25) is 4.98 Å². The van der Waals surface area contributed by atoms with E-state index in [1.807, 2.05) is 45.0 Å². The minimum Gasteiger partial charge on any atom is -0.377 e. The minimum atomic E-state index is 0.340. The molecule has 0 atom stereocenters. The summed E-state index contributed by atoms with van der Waals surface area (Å²) in [6.45, 7) is 3.97. The predicted octanol–water partition coefficient (Wildman–Crippen LogP) is 3.64. The third kappa shape index (κ3) is 2.24. The van der Waals surface area contributed by atoms with Gasteiger partial charge in [-0.25, -0.2) is 0 Å². The van der Waals surface area contributed by atoms with Crippen LogP contribution in [-0.4, -0.2) is 19.1 Å². The molecule has 1 aromatic carbocycles. The second-order valence-electron chi connectivity index (χ2n) is 4.84. The first-order chi connectivity index (χ1) is 8.97. The number of nitrogens with zero attached hydrogens (tertiary/aromatic N) is 3. The Morgan fingerprint density at radius 2 is 2.00 bits per heavy atom. The molecule has 1 aromatic heterocycles. The first-order valence-electron chi connectivity index (χ1n) is 6.10. The summed E-state index contributed by atoms with van der Waals surface area (Å²) in [7, 11) is 3.93. The van der Waals surface area contributed by atoms with E-state index in [4.69, 9.17) is 16.9 Å². The van der Waals surface area contributed by atoms with E-state index in [9.17, 15) is 0 Å². The quantitative estimate of drug-likeness (QED) is 0.839. The Morgan fingerprint density at radius 1 is 1.32 bits per heavy atom. The molecule has 1 heterocycles. The molecule has 2 aromatic rings. The number of aromatic nitrogens is 1. The molecule has 98 valence electrons. The molecule has 0 N–H and O–H groups in total. The van der Waals surface area contributed by atoms with Gasteiger partial charge in [-0.2, -0.15) is 5.26 Å². The van der Waals surface area contributed by atoms with Gasteiger partial charge in [0.2, 0.25) is 0 Å². The lowest BCUT2D eigenvalue weighted by molar-refractivity contribution is 1.06. The van der Waals surface area contributed by atoms with E-state index in [1.54, 1.807) is 0 Å². The number of anilines is 1. The van der Waals surface area contributed by atoms with Crippen LogP contribution >= 0.6 is 11.6 Å². The zero-order chi connectivity index (χ0) is 14.2. The van der Waals surface area contributed by atoms with Crippen molar-refractivity contribution < 1.29 is 0 Å². The van der Waals surface area contributed by atoms with E-state index in [1.165, 1.54) is 0 Å². The van der Waals surface area contributed by atoms with Crippen LogP contribution in [0.15, 0.2) is 12.1 Å². The van der Waals surface area contributed by atoms with Gasteiger partial charge in [0.25, 0.3) is 0 Å². The van der Waals surface area contributed by atoms with Crippen LogP contribution in [0.1, 0.15) is 16.8 Å². The summed E-state index contributed by atoms with van der Waals surface area (Å²) in [4.78, 5) is 6.64. The molecular formula is C15H16ClN3. The van der Waals surface area contributed by atoms with Gasteiger partial charge in [0.1, 0.15) is 0 Å². The van der Waals surface area contributed by atoms with Crippen LogP contribution in [0.4, 0.5) is 5.69 Å². The van der Waals surface area contributed by atoms with Crippen LogP contribution < -0.4 is 4.90 Å². The lowest BCUT2D eigenvalue weighted by atomic mass is 10.0. The number of rotatable bonds is 2. The molecule has 4 heteroatoms. The lowest BCUT2D eigenvalue weighted by Gasteiger charge is -2.21. The first-order valence-corrected chi connectivity index (χ1v) is 6.47. The highest BCUT2D eigenvalue weighted by molar-refractivity contribution is 6.36. The average Bonchev–Trinajstić information content (AvgIpc) is 2.35. The normalized spacial score (nSPS) is 10.5. The largest absolute Gasteiger partial charge is 0.377 e. The highest BCUT2D eigenvalue weighted by Gasteiger charge is 2.17. The molecule has 0 saturated heterocycles. The van der Waals surface area contributed by atoms with Gasteiger partial charge in [-0.1, -0.05) is 17.7 Å². The number of halogens is 1. The second kappa shape index (κ2) is 5.07. The van der Waals surface area contributed by atoms with Crippen molar-refractivity contribution in [1.82, 2.24) is 4.98 Å². The maximum absolute atomic E-state index is 9.02. The molecule has 0 amide bonds. The van der Waals surface area contributed by atoms with Crippen molar-refractivity contribution in [1.29, 1.82) is 5.26 Å². The summed E-state index contributed by atoms with van der Waals surface area (Å²) >= 11 is 6.35. The fourth-order valence-electron chi connectivity index (χ4n) is 2.38. The van der Waals surface area contributed by atoms with Crippen LogP contribution in [0.2, 0.25) is 5.02 Å². The number of hydrogen-bond donors (Lipinski definition) is 0. The summed E-state index contributed by atoms with van der Waals surface area (Å²) in [6, 6.07) is 6.07. The van der Waals surface area contributed by atoms with Gasteiger partial charge in [-0.05, 0) is 25.5 Å². The van der Waals surface area contributed by atoms with Gasteiger partial charge in [-0.15, -0.1) is 0 Å². The van der Waals surface area contributed by atoms with Gasteiger partial charge in [0.15, 0.2) is 0 Å². The van der Waals surface area contributed by atoms with E-state index in [2.05, 4.69) is 11.1 Å². The van der Waals surface area contributed by atoms with E-state index >= 15 is 0 Å². The van der Waals surface area contributed by atoms with E-state index in [0.29, 0.717) is 11.4 Å². The number of fused-ring (bicyclic) bond motifs is 1. The van der Waals surface area contributed by atoms with Gasteiger partial charge < -0.3 is 4.90 Å². The Balaban J connectivity index is 2.99. The summed E-state index contributed by atoms with van der Waals surface area (Å²) in [5, 5.41) is 10.6. The van der Waals surface area contributed by atoms with Crippen LogP contribution in [0, 0.1) is 25.2 Å². The standard InChI is InChI=1S/C15H16ClN3/c1-9-5-6-12(16)13-14(9)18-10(2)11(7-8-17)15(13)19(3)4/h5-6H,7H2,1-4H3. The number of benzene rings is 1. The van der Waals surface area contributed by atoms with Crippen LogP contribution in [0.5, 0.6) is 0 Å². The highest BCUT2D eigenvalue weighted by atomic mass is 35.5. The minimum absolute atomic E-state index is 0.340. The van der Waals surface area contributed by atoms with E-state index < -0.39 is 0 Å². The van der Waals surface area contributed by atoms with Crippen molar-refractivity contribution in [3.8, 4) is 6.07 Å². The number of hydrogen-bond acceptors (Lipinski definition) is 3. The molecule has 0 radical (unpaired) electrons. The summed E-state index contributed by atoms with van der Waals surface area (Å²) in [6.07, 6.45) is 0.340. The fourth-order valence-corrected chi connectivity index (χ4v) is 2.62. The summed E-state index contributed by atoms with van der Waals surface area (Å²) in [5.74, 6) is 0. The van der Waals surface area contributed by atoms with Crippen molar-refractivity contribution in [2.45, 2.75) is 20.3 Å². The lowest BCUT2D eigenvalue weighted by Crippen LogP contribution is -2.14. The Bertz CT molecular complexity index is 684. The highest BCUT2D eigenvalue weighted by Crippen LogP contribution is 2.36. The van der Waals surface area contributed by atoms with Crippen molar-refractivity contribution in [2.24, 2.45) is 0 Å². The molecule has 19 heavy (non-hydrogen) atoms. The monoisotopic (exact) mass is 273 g/mol. The smallest absolute Gasteiger partial charge is 0.0770 e. The Morgan fingerprint density at radius 3 is 2.58 bits per heavy atom. The third-order valence-corrected chi connectivity index (χ3v) is 3.59. The topological polar surface area (TPSA) is 39.9 Å². The fraction of sp³-hybridized carbons (Fsp3) is 0.333. The maximum Gasteiger partial charge on any atom is 0.0770 e. The molecule has 3 nitrogen and oxygen atoms in total. The van der Waals surface area contributed by atoms with Crippen molar-refractivity contribution in [3.05, 3.63) is 34.0 Å². The Hall–Kier alpha value is -1.79. The summed E-state index contributed by atoms with van der Waals surface area (Å²) in [5.41, 5.74) is 4.85. The number of aryl methyl sites for hydroxylation is 2. The van der Waals surface area contributed by atoms with E-state index in [-0.39, 0.29) is 0 Å². The number of pyridine rings is 1. The molecule has 0 saturated carbocycles. The van der Waals surface area contributed by atoms with Crippen LogP contribution in [0.25, 0.3) is 10.9 Å². The molecule has 0 aliphatic carbocycles. The Kier molecular flexibility index (Phi) is 3.64. The van der Waals surface area contributed by atoms with Crippen molar-refractivity contribution in [3.63, 3.8) is 0 Å². The predicted molar refractivity (Wildman–Crippen MR) is 79.9 cm³/mol. The van der Waals surface area contributed by atoms with Crippen LogP contribution in [-0.2, 0) is 6.42 Å². The third-order valence-electron chi connectivity index (χ3n) is 3.27. The van der Waals surface area contributed by atoms with Crippen LogP contribution in [0.3, 0.4) is 0 Å². The molecule has 0 bridgehead atoms. The molecular weight excluding hydrogens is 258 g/mol. The molecule has 0 spiro atoms. The summed E-state index contributed by atoms with van der Waals surface area (Å²) < 4.78 is 0. The first kappa shape index (κ1) is 13.6. The maximum atomic E-state index is 9.02. The molecule has 0 aliphatic heterocycles. The average molecular weight is 274 g/mol. The Labute approximate surface area is 118 Å². The second-order valence-corrected chi connectivity index (χ2v) is 5.25. The molecule has 0 aliphatic rings.